The van der Waals surface area contributed by atoms with E-state index in [0.717, 1.165) is 42.6 Å². The lowest BCUT2D eigenvalue weighted by atomic mass is 9.85. The van der Waals surface area contributed by atoms with E-state index in [-0.39, 0.29) is 11.8 Å². The molecule has 4 heteroatoms. The SMILES string of the molecule is O=C(NC1CCCCC1)C1CCc2[nH]c3ccc(Cl)cc3c2C1. The van der Waals surface area contributed by atoms with E-state index in [4.69, 9.17) is 11.6 Å². The molecule has 2 N–H and O–H groups in total. The van der Waals surface area contributed by atoms with Crippen LogP contribution in [-0.2, 0) is 17.6 Å². The number of H-pyrrole nitrogens is 1. The van der Waals surface area contributed by atoms with Crippen LogP contribution in [-0.4, -0.2) is 16.9 Å². The van der Waals surface area contributed by atoms with Gasteiger partial charge in [-0.15, -0.1) is 0 Å². The standard InChI is InChI=1S/C19H23ClN2O/c20-13-7-9-18-16(11-13)15-10-12(6-8-17(15)22-18)19(23)21-14-4-2-1-3-5-14/h7,9,11-12,14,22H,1-6,8,10H2,(H,21,23). The fourth-order valence-electron chi connectivity index (χ4n) is 4.18. The largest absolute Gasteiger partial charge is 0.358 e. The number of aromatic nitrogens is 1. The van der Waals surface area contributed by atoms with E-state index in [9.17, 15) is 4.79 Å². The molecule has 3 nitrogen and oxygen atoms in total. The van der Waals surface area contributed by atoms with Gasteiger partial charge in [0.15, 0.2) is 0 Å². The number of hydrogen-bond donors (Lipinski definition) is 2. The zero-order valence-corrected chi connectivity index (χ0v) is 14.1. The number of carbonyl (C=O) groups is 1. The fourth-order valence-corrected chi connectivity index (χ4v) is 4.35. The number of carbonyl (C=O) groups excluding carboxylic acids is 1. The third-order valence-electron chi connectivity index (χ3n) is 5.47. The Balaban J connectivity index is 1.52. The van der Waals surface area contributed by atoms with Crippen molar-refractivity contribution in [3.63, 3.8) is 0 Å². The topological polar surface area (TPSA) is 44.9 Å². The van der Waals surface area contributed by atoms with Crippen molar-refractivity contribution >= 4 is 28.4 Å². The quantitative estimate of drug-likeness (QED) is 0.843. The summed E-state index contributed by atoms with van der Waals surface area (Å²) in [5, 5.41) is 5.24. The predicted molar refractivity (Wildman–Crippen MR) is 93.8 cm³/mol. The molecule has 23 heavy (non-hydrogen) atoms. The van der Waals surface area contributed by atoms with Gasteiger partial charge in [-0.1, -0.05) is 30.9 Å². The van der Waals surface area contributed by atoms with Crippen molar-refractivity contribution in [3.8, 4) is 0 Å². The Morgan fingerprint density at radius 1 is 1.17 bits per heavy atom. The lowest BCUT2D eigenvalue weighted by Gasteiger charge is -2.27. The molecular formula is C19H23ClN2O. The maximum atomic E-state index is 12.7. The van der Waals surface area contributed by atoms with Crippen LogP contribution in [0.15, 0.2) is 18.2 Å². The fraction of sp³-hybridized carbons (Fsp3) is 0.526. The molecule has 2 aliphatic rings. The maximum absolute atomic E-state index is 12.7. The minimum Gasteiger partial charge on any atom is -0.358 e. The van der Waals surface area contributed by atoms with Crippen molar-refractivity contribution in [2.75, 3.05) is 0 Å². The molecule has 1 fully saturated rings. The van der Waals surface area contributed by atoms with Gasteiger partial charge in [-0.05, 0) is 55.9 Å². The van der Waals surface area contributed by atoms with Crippen molar-refractivity contribution in [1.82, 2.24) is 10.3 Å². The molecule has 1 saturated carbocycles. The second kappa shape index (κ2) is 6.20. The Morgan fingerprint density at radius 3 is 2.83 bits per heavy atom. The molecule has 0 saturated heterocycles. The van der Waals surface area contributed by atoms with E-state index in [0.29, 0.717) is 6.04 Å². The number of halogens is 1. The third kappa shape index (κ3) is 2.99. The summed E-state index contributed by atoms with van der Waals surface area (Å²) in [6.07, 6.45) is 8.82. The molecule has 0 radical (unpaired) electrons. The molecule has 1 atom stereocenters. The molecule has 1 heterocycles. The Labute approximate surface area is 141 Å². The van der Waals surface area contributed by atoms with Gasteiger partial charge in [0.05, 0.1) is 0 Å². The highest BCUT2D eigenvalue weighted by molar-refractivity contribution is 6.31. The van der Waals surface area contributed by atoms with Crippen LogP contribution in [0.25, 0.3) is 10.9 Å². The average molecular weight is 331 g/mol. The highest BCUT2D eigenvalue weighted by Gasteiger charge is 2.28. The van der Waals surface area contributed by atoms with Crippen LogP contribution in [0.1, 0.15) is 49.8 Å². The summed E-state index contributed by atoms with van der Waals surface area (Å²) in [6.45, 7) is 0. The van der Waals surface area contributed by atoms with E-state index in [1.807, 2.05) is 18.2 Å². The van der Waals surface area contributed by atoms with Crippen LogP contribution in [0.3, 0.4) is 0 Å². The monoisotopic (exact) mass is 330 g/mol. The first-order valence-electron chi connectivity index (χ1n) is 8.80. The first kappa shape index (κ1) is 15.1. The lowest BCUT2D eigenvalue weighted by molar-refractivity contribution is -0.126. The molecule has 0 aliphatic heterocycles. The molecule has 1 amide bonds. The van der Waals surface area contributed by atoms with Crippen molar-refractivity contribution in [2.45, 2.75) is 57.4 Å². The number of amides is 1. The zero-order valence-electron chi connectivity index (χ0n) is 13.3. The van der Waals surface area contributed by atoms with Crippen LogP contribution in [0.2, 0.25) is 5.02 Å². The number of aromatic amines is 1. The minimum absolute atomic E-state index is 0.0995. The number of fused-ring (bicyclic) bond motifs is 3. The van der Waals surface area contributed by atoms with Crippen molar-refractivity contribution in [2.24, 2.45) is 5.92 Å². The van der Waals surface area contributed by atoms with Gasteiger partial charge < -0.3 is 10.3 Å². The molecule has 2 aromatic rings. The van der Waals surface area contributed by atoms with E-state index < -0.39 is 0 Å². The lowest BCUT2D eigenvalue weighted by Crippen LogP contribution is -2.41. The van der Waals surface area contributed by atoms with Crippen LogP contribution < -0.4 is 5.32 Å². The first-order valence-corrected chi connectivity index (χ1v) is 9.18. The van der Waals surface area contributed by atoms with Crippen LogP contribution in [0.4, 0.5) is 0 Å². The maximum Gasteiger partial charge on any atom is 0.223 e. The van der Waals surface area contributed by atoms with Crippen molar-refractivity contribution in [1.29, 1.82) is 0 Å². The summed E-state index contributed by atoms with van der Waals surface area (Å²) < 4.78 is 0. The van der Waals surface area contributed by atoms with Gasteiger partial charge in [-0.25, -0.2) is 0 Å². The number of aryl methyl sites for hydroxylation is 1. The van der Waals surface area contributed by atoms with Crippen LogP contribution in [0, 0.1) is 5.92 Å². The number of hydrogen-bond acceptors (Lipinski definition) is 1. The van der Waals surface area contributed by atoms with Gasteiger partial charge in [0.1, 0.15) is 0 Å². The van der Waals surface area contributed by atoms with E-state index >= 15 is 0 Å². The van der Waals surface area contributed by atoms with E-state index in [2.05, 4.69) is 10.3 Å². The van der Waals surface area contributed by atoms with Crippen LogP contribution in [0.5, 0.6) is 0 Å². The highest BCUT2D eigenvalue weighted by Crippen LogP contribution is 2.33. The summed E-state index contributed by atoms with van der Waals surface area (Å²) in [5.41, 5.74) is 3.70. The zero-order chi connectivity index (χ0) is 15.8. The van der Waals surface area contributed by atoms with Gasteiger partial charge in [0.25, 0.3) is 0 Å². The van der Waals surface area contributed by atoms with E-state index in [1.54, 1.807) is 0 Å². The third-order valence-corrected chi connectivity index (χ3v) is 5.71. The Bertz CT molecular complexity index is 730. The smallest absolute Gasteiger partial charge is 0.223 e. The molecular weight excluding hydrogens is 308 g/mol. The average Bonchev–Trinajstić information content (AvgIpc) is 2.93. The highest BCUT2D eigenvalue weighted by atomic mass is 35.5. The van der Waals surface area contributed by atoms with Gasteiger partial charge in [0.2, 0.25) is 5.91 Å². The number of benzene rings is 1. The van der Waals surface area contributed by atoms with Crippen LogP contribution >= 0.6 is 11.6 Å². The molecule has 0 bridgehead atoms. The summed E-state index contributed by atoms with van der Waals surface area (Å²) in [6, 6.07) is 6.37. The second-order valence-corrected chi connectivity index (χ2v) is 7.49. The molecule has 0 spiro atoms. The molecule has 4 rings (SSSR count). The summed E-state index contributed by atoms with van der Waals surface area (Å²) in [4.78, 5) is 16.1. The summed E-state index contributed by atoms with van der Waals surface area (Å²) in [7, 11) is 0. The van der Waals surface area contributed by atoms with Gasteiger partial charge >= 0.3 is 0 Å². The first-order chi connectivity index (χ1) is 11.2. The number of rotatable bonds is 2. The van der Waals surface area contributed by atoms with Gasteiger partial charge in [-0.2, -0.15) is 0 Å². The van der Waals surface area contributed by atoms with Crippen molar-refractivity contribution in [3.05, 3.63) is 34.5 Å². The summed E-state index contributed by atoms with van der Waals surface area (Å²) in [5.74, 6) is 0.348. The molecule has 122 valence electrons. The summed E-state index contributed by atoms with van der Waals surface area (Å²) >= 11 is 6.15. The Morgan fingerprint density at radius 2 is 2.00 bits per heavy atom. The number of nitrogens with one attached hydrogen (secondary N) is 2. The molecule has 1 aromatic carbocycles. The molecule has 1 unspecified atom stereocenters. The second-order valence-electron chi connectivity index (χ2n) is 7.06. The molecule has 1 aromatic heterocycles. The Hall–Kier alpha value is -1.48. The van der Waals surface area contributed by atoms with Crippen molar-refractivity contribution < 1.29 is 4.79 Å². The van der Waals surface area contributed by atoms with Gasteiger partial charge in [0, 0.05) is 33.6 Å². The van der Waals surface area contributed by atoms with E-state index in [1.165, 1.54) is 35.9 Å². The normalized spacial score (nSPS) is 22.0. The molecule has 2 aliphatic carbocycles. The van der Waals surface area contributed by atoms with Gasteiger partial charge in [-0.3, -0.25) is 4.79 Å². The Kier molecular flexibility index (Phi) is 4.06. The minimum atomic E-state index is 0.0995. The predicted octanol–water partition coefficient (Wildman–Crippen LogP) is 4.38.